The summed E-state index contributed by atoms with van der Waals surface area (Å²) in [6.07, 6.45) is 1.78. The van der Waals surface area contributed by atoms with Gasteiger partial charge in [-0.15, -0.1) is 0 Å². The number of rotatable bonds is 4. The Bertz CT molecular complexity index is 1290. The molecule has 1 aliphatic rings. The molecule has 0 aliphatic carbocycles. The zero-order valence-corrected chi connectivity index (χ0v) is 20.2. The van der Waals surface area contributed by atoms with Crippen molar-refractivity contribution in [1.82, 2.24) is 15.0 Å². The van der Waals surface area contributed by atoms with Gasteiger partial charge in [0.15, 0.2) is 4.32 Å². The van der Waals surface area contributed by atoms with E-state index in [4.69, 9.17) is 35.4 Å². The number of carbonyl (C=O) groups is 2. The molecule has 0 atom stereocenters. The Morgan fingerprint density at radius 3 is 2.47 bits per heavy atom. The molecule has 1 N–H and O–H groups in total. The third kappa shape index (κ3) is 4.34. The van der Waals surface area contributed by atoms with Crippen LogP contribution >= 0.6 is 47.2 Å². The van der Waals surface area contributed by atoms with Gasteiger partial charge in [-0.25, -0.2) is 0 Å². The van der Waals surface area contributed by atoms with Crippen molar-refractivity contribution in [2.24, 2.45) is 0 Å². The van der Waals surface area contributed by atoms with Gasteiger partial charge in [-0.2, -0.15) is 5.01 Å². The van der Waals surface area contributed by atoms with Crippen molar-refractivity contribution in [1.29, 1.82) is 0 Å². The highest BCUT2D eigenvalue weighted by Crippen LogP contribution is 2.34. The van der Waals surface area contributed by atoms with Crippen LogP contribution in [0.2, 0.25) is 10.0 Å². The lowest BCUT2D eigenvalue weighted by atomic mass is 10.2. The first-order valence-electron chi connectivity index (χ1n) is 9.54. The van der Waals surface area contributed by atoms with E-state index >= 15 is 0 Å². The molecular formula is C23H17Cl2N3O2S2. The first-order chi connectivity index (χ1) is 15.3. The fourth-order valence-corrected chi connectivity index (χ4v) is 4.88. The summed E-state index contributed by atoms with van der Waals surface area (Å²) in [6, 6.07) is 16.1. The van der Waals surface area contributed by atoms with E-state index in [1.807, 2.05) is 36.6 Å². The standard InChI is InChI=1S/C23H17Cl2N3O2S2/c1-13-10-16(14(2)27(13)17-8-9-18(24)19(25)12-17)11-20-22(30)28(23(31)32-20)26-21(29)15-6-4-3-5-7-15/h3-12H,1-2H3,(H,26,29)/b20-11-. The third-order valence-corrected chi connectivity index (χ3v) is 7.00. The number of amides is 2. The highest BCUT2D eigenvalue weighted by molar-refractivity contribution is 8.26. The van der Waals surface area contributed by atoms with Crippen molar-refractivity contribution >= 4 is 69.4 Å². The number of thioether (sulfide) groups is 1. The molecule has 9 heteroatoms. The Labute approximate surface area is 205 Å². The zero-order chi connectivity index (χ0) is 23.0. The van der Waals surface area contributed by atoms with Crippen molar-refractivity contribution in [3.05, 3.63) is 92.1 Å². The second-order valence-corrected chi connectivity index (χ2v) is 9.57. The maximum Gasteiger partial charge on any atom is 0.285 e. The number of nitrogens with zero attached hydrogens (tertiary/aromatic N) is 2. The Morgan fingerprint density at radius 2 is 1.78 bits per heavy atom. The predicted molar refractivity (Wildman–Crippen MR) is 134 cm³/mol. The molecule has 1 aromatic heterocycles. The Morgan fingerprint density at radius 1 is 1.06 bits per heavy atom. The van der Waals surface area contributed by atoms with Gasteiger partial charge >= 0.3 is 0 Å². The van der Waals surface area contributed by atoms with Crippen LogP contribution in [0.4, 0.5) is 0 Å². The molecule has 5 nitrogen and oxygen atoms in total. The summed E-state index contributed by atoms with van der Waals surface area (Å²) in [6.45, 7) is 3.93. The second-order valence-electron chi connectivity index (χ2n) is 7.08. The third-order valence-electron chi connectivity index (χ3n) is 4.96. The highest BCUT2D eigenvalue weighted by Gasteiger charge is 2.34. The van der Waals surface area contributed by atoms with Gasteiger partial charge in [0.2, 0.25) is 0 Å². The number of carbonyl (C=O) groups excluding carboxylic acids is 2. The summed E-state index contributed by atoms with van der Waals surface area (Å²) in [5.74, 6) is -0.774. The van der Waals surface area contributed by atoms with Gasteiger partial charge in [0.25, 0.3) is 11.8 Å². The summed E-state index contributed by atoms with van der Waals surface area (Å²) in [5.41, 5.74) is 6.67. The Balaban J connectivity index is 1.61. The van der Waals surface area contributed by atoms with Gasteiger partial charge in [0.1, 0.15) is 0 Å². The Kier molecular flexibility index (Phi) is 6.44. The largest absolute Gasteiger partial charge is 0.318 e. The van der Waals surface area contributed by atoms with Crippen LogP contribution in [-0.2, 0) is 4.79 Å². The first-order valence-corrected chi connectivity index (χ1v) is 11.5. The highest BCUT2D eigenvalue weighted by atomic mass is 35.5. The molecule has 3 aromatic rings. The van der Waals surface area contributed by atoms with Crippen molar-refractivity contribution in [3.63, 3.8) is 0 Å². The summed E-state index contributed by atoms with van der Waals surface area (Å²) < 4.78 is 2.30. The van der Waals surface area contributed by atoms with Crippen LogP contribution in [0.25, 0.3) is 11.8 Å². The monoisotopic (exact) mass is 501 g/mol. The smallest absolute Gasteiger partial charge is 0.285 e. The number of hydrogen-bond donors (Lipinski definition) is 1. The summed E-state index contributed by atoms with van der Waals surface area (Å²) >= 11 is 18.7. The molecule has 32 heavy (non-hydrogen) atoms. The second kappa shape index (κ2) is 9.11. The van der Waals surface area contributed by atoms with Crippen LogP contribution in [0.5, 0.6) is 0 Å². The minimum absolute atomic E-state index is 0.267. The average molecular weight is 502 g/mol. The van der Waals surface area contributed by atoms with E-state index < -0.39 is 5.91 Å². The van der Waals surface area contributed by atoms with E-state index in [-0.39, 0.29) is 10.2 Å². The lowest BCUT2D eigenvalue weighted by molar-refractivity contribution is -0.123. The van der Waals surface area contributed by atoms with E-state index in [0.29, 0.717) is 20.5 Å². The van der Waals surface area contributed by atoms with Crippen LogP contribution in [0.15, 0.2) is 59.5 Å². The van der Waals surface area contributed by atoms with Crippen LogP contribution in [0.1, 0.15) is 27.3 Å². The van der Waals surface area contributed by atoms with Crippen molar-refractivity contribution in [2.75, 3.05) is 0 Å². The van der Waals surface area contributed by atoms with Crippen molar-refractivity contribution in [2.45, 2.75) is 13.8 Å². The predicted octanol–water partition coefficient (Wildman–Crippen LogP) is 5.95. The maximum atomic E-state index is 12.9. The molecule has 2 aromatic carbocycles. The van der Waals surface area contributed by atoms with Crippen molar-refractivity contribution in [3.8, 4) is 5.69 Å². The molecule has 0 unspecified atom stereocenters. The molecule has 0 radical (unpaired) electrons. The fourth-order valence-electron chi connectivity index (χ4n) is 3.42. The number of aromatic nitrogens is 1. The minimum atomic E-state index is -0.402. The first kappa shape index (κ1) is 22.6. The van der Waals surface area contributed by atoms with Crippen LogP contribution < -0.4 is 5.43 Å². The molecule has 1 aliphatic heterocycles. The van der Waals surface area contributed by atoms with Gasteiger partial charge in [0, 0.05) is 22.6 Å². The maximum absolute atomic E-state index is 12.9. The number of halogens is 2. The molecule has 0 spiro atoms. The molecule has 1 fully saturated rings. The van der Waals surface area contributed by atoms with Crippen LogP contribution in [0, 0.1) is 13.8 Å². The number of thiocarbonyl (C=S) groups is 1. The van der Waals surface area contributed by atoms with E-state index in [1.54, 1.807) is 42.5 Å². The molecule has 162 valence electrons. The fraction of sp³-hybridized carbons (Fsp3) is 0.0870. The van der Waals surface area contributed by atoms with E-state index in [9.17, 15) is 9.59 Å². The number of nitrogens with one attached hydrogen (secondary N) is 1. The summed E-state index contributed by atoms with van der Waals surface area (Å²) in [5, 5.41) is 2.06. The molecular weight excluding hydrogens is 485 g/mol. The lowest BCUT2D eigenvalue weighted by Gasteiger charge is -2.15. The van der Waals surface area contributed by atoms with Crippen LogP contribution in [-0.4, -0.2) is 25.7 Å². The van der Waals surface area contributed by atoms with Crippen LogP contribution in [0.3, 0.4) is 0 Å². The quantitative estimate of drug-likeness (QED) is 0.354. The molecule has 1 saturated heterocycles. The number of benzene rings is 2. The van der Waals surface area contributed by atoms with Gasteiger partial charge in [0.05, 0.1) is 15.0 Å². The SMILES string of the molecule is Cc1cc(/C=C2\SC(=S)N(NC(=O)c3ccccc3)C2=O)c(C)n1-c1ccc(Cl)c(Cl)c1. The van der Waals surface area contributed by atoms with E-state index in [0.717, 1.165) is 39.4 Å². The van der Waals surface area contributed by atoms with Crippen molar-refractivity contribution < 1.29 is 9.59 Å². The summed E-state index contributed by atoms with van der Waals surface area (Å²) in [4.78, 5) is 25.8. The van der Waals surface area contributed by atoms with E-state index in [2.05, 4.69) is 5.43 Å². The topological polar surface area (TPSA) is 54.3 Å². The van der Waals surface area contributed by atoms with Gasteiger partial charge in [-0.05, 0) is 74.1 Å². The molecule has 2 amide bonds. The molecule has 0 bridgehead atoms. The van der Waals surface area contributed by atoms with Gasteiger partial charge in [-0.3, -0.25) is 15.0 Å². The number of hydrazine groups is 1. The number of aryl methyl sites for hydroxylation is 1. The average Bonchev–Trinajstić information content (AvgIpc) is 3.20. The number of hydrogen-bond acceptors (Lipinski definition) is 4. The summed E-state index contributed by atoms with van der Waals surface area (Å²) in [7, 11) is 0. The van der Waals surface area contributed by atoms with Gasteiger partial charge in [-0.1, -0.05) is 53.2 Å². The normalized spacial score (nSPS) is 15.0. The lowest BCUT2D eigenvalue weighted by Crippen LogP contribution is -2.44. The molecule has 4 rings (SSSR count). The molecule has 0 saturated carbocycles. The molecule has 2 heterocycles. The zero-order valence-electron chi connectivity index (χ0n) is 17.1. The Hall–Kier alpha value is -2.58. The van der Waals surface area contributed by atoms with E-state index in [1.165, 1.54) is 0 Å². The van der Waals surface area contributed by atoms with Gasteiger partial charge < -0.3 is 4.57 Å². The minimum Gasteiger partial charge on any atom is -0.318 e.